The number of carbonyl (C=O) groups excluding carboxylic acids is 2. The first-order valence-corrected chi connectivity index (χ1v) is 13.8. The Bertz CT molecular complexity index is 952. The molecular weight excluding hydrogens is 474 g/mol. The quantitative estimate of drug-likeness (QED) is 0.0658. The summed E-state index contributed by atoms with van der Waals surface area (Å²) >= 11 is 0. The lowest BCUT2D eigenvalue weighted by Crippen LogP contribution is -2.35. The van der Waals surface area contributed by atoms with Crippen LogP contribution in [0, 0.1) is 0 Å². The van der Waals surface area contributed by atoms with E-state index in [1.807, 2.05) is 49.5 Å². The third-order valence-corrected chi connectivity index (χ3v) is 5.39. The SMILES string of the molecule is CCCCCCCCCC=CC=CC=CC=CC=CC=CC(=O)NC(C)OC(=O)c1ccc(OCC)cc1. The number of unbranched alkanes of at least 4 members (excludes halogenated alkanes) is 7. The number of nitrogens with one attached hydrogen (secondary N) is 1. The van der Waals surface area contributed by atoms with E-state index >= 15 is 0 Å². The minimum atomic E-state index is -0.761. The van der Waals surface area contributed by atoms with Crippen LogP contribution >= 0.6 is 0 Å². The molecule has 0 bridgehead atoms. The molecule has 0 radical (unpaired) electrons. The van der Waals surface area contributed by atoms with Crippen LogP contribution in [-0.4, -0.2) is 24.7 Å². The minimum absolute atomic E-state index is 0.351. The Kier molecular flexibility index (Phi) is 19.3. The average molecular weight is 520 g/mol. The lowest BCUT2D eigenvalue weighted by molar-refractivity contribution is -0.119. The summed E-state index contributed by atoms with van der Waals surface area (Å²) in [5.41, 5.74) is 0.389. The van der Waals surface area contributed by atoms with Crippen molar-refractivity contribution in [2.24, 2.45) is 0 Å². The Balaban J connectivity index is 2.18. The van der Waals surface area contributed by atoms with Gasteiger partial charge in [0.25, 0.3) is 0 Å². The van der Waals surface area contributed by atoms with Crippen LogP contribution in [0.2, 0.25) is 0 Å². The van der Waals surface area contributed by atoms with Crippen molar-refractivity contribution in [2.75, 3.05) is 6.61 Å². The van der Waals surface area contributed by atoms with Crippen LogP contribution in [0.3, 0.4) is 0 Å². The second kappa shape index (κ2) is 22.6. The number of hydrogen-bond donors (Lipinski definition) is 1. The Labute approximate surface area is 229 Å². The number of esters is 1. The smallest absolute Gasteiger partial charge is 0.340 e. The van der Waals surface area contributed by atoms with Gasteiger partial charge in [0.15, 0.2) is 6.23 Å². The number of rotatable bonds is 19. The molecule has 1 atom stereocenters. The molecule has 38 heavy (non-hydrogen) atoms. The summed E-state index contributed by atoms with van der Waals surface area (Å²) in [6.45, 7) is 6.30. The highest BCUT2D eigenvalue weighted by Gasteiger charge is 2.13. The second-order valence-corrected chi connectivity index (χ2v) is 8.75. The van der Waals surface area contributed by atoms with E-state index in [9.17, 15) is 9.59 Å². The maximum Gasteiger partial charge on any atom is 0.340 e. The van der Waals surface area contributed by atoms with Gasteiger partial charge in [-0.25, -0.2) is 4.79 Å². The molecule has 1 rings (SSSR count). The third-order valence-electron chi connectivity index (χ3n) is 5.39. The zero-order valence-electron chi connectivity index (χ0n) is 23.3. The zero-order chi connectivity index (χ0) is 27.7. The van der Waals surface area contributed by atoms with Crippen LogP contribution in [-0.2, 0) is 9.53 Å². The van der Waals surface area contributed by atoms with Crippen molar-refractivity contribution in [1.29, 1.82) is 0 Å². The molecule has 206 valence electrons. The van der Waals surface area contributed by atoms with Gasteiger partial charge >= 0.3 is 5.97 Å². The monoisotopic (exact) mass is 519 g/mol. The fourth-order valence-electron chi connectivity index (χ4n) is 3.41. The Hall–Kier alpha value is -3.60. The molecule has 1 aromatic carbocycles. The van der Waals surface area contributed by atoms with E-state index < -0.39 is 12.2 Å². The highest BCUT2D eigenvalue weighted by Crippen LogP contribution is 2.13. The van der Waals surface area contributed by atoms with Crippen molar-refractivity contribution in [1.82, 2.24) is 5.32 Å². The molecule has 0 aliphatic rings. The van der Waals surface area contributed by atoms with Crippen LogP contribution < -0.4 is 10.1 Å². The van der Waals surface area contributed by atoms with Crippen LogP contribution in [0.25, 0.3) is 0 Å². The van der Waals surface area contributed by atoms with E-state index in [-0.39, 0.29) is 5.91 Å². The van der Waals surface area contributed by atoms with Gasteiger partial charge in [-0.2, -0.15) is 0 Å². The number of benzene rings is 1. The predicted molar refractivity (Wildman–Crippen MR) is 158 cm³/mol. The van der Waals surface area contributed by atoms with Crippen LogP contribution in [0.5, 0.6) is 5.75 Å². The highest BCUT2D eigenvalue weighted by molar-refractivity contribution is 5.90. The van der Waals surface area contributed by atoms with Gasteiger partial charge in [-0.15, -0.1) is 0 Å². The average Bonchev–Trinajstić information content (AvgIpc) is 2.90. The second-order valence-electron chi connectivity index (χ2n) is 8.75. The molecule has 0 spiro atoms. The number of carbonyl (C=O) groups is 2. The maximum atomic E-state index is 12.2. The molecule has 5 heteroatoms. The van der Waals surface area contributed by atoms with Crippen molar-refractivity contribution in [2.45, 2.75) is 78.4 Å². The zero-order valence-corrected chi connectivity index (χ0v) is 23.3. The number of amides is 1. The lowest BCUT2D eigenvalue weighted by atomic mass is 10.1. The molecule has 5 nitrogen and oxygen atoms in total. The summed E-state index contributed by atoms with van der Waals surface area (Å²) in [7, 11) is 0. The van der Waals surface area contributed by atoms with Gasteiger partial charge in [-0.3, -0.25) is 4.79 Å². The van der Waals surface area contributed by atoms with Crippen LogP contribution in [0.4, 0.5) is 0 Å². The van der Waals surface area contributed by atoms with Gasteiger partial charge in [0.05, 0.1) is 12.2 Å². The normalized spacial score (nSPS) is 13.0. The molecule has 1 amide bonds. The molecule has 1 N–H and O–H groups in total. The van der Waals surface area contributed by atoms with Gasteiger partial charge in [-0.05, 0) is 51.0 Å². The number of allylic oxidation sites excluding steroid dienone is 11. The first kappa shape index (κ1) is 32.4. The molecule has 1 unspecified atom stereocenters. The fraction of sp³-hybridized carbons (Fsp3) is 0.394. The summed E-state index contributed by atoms with van der Waals surface area (Å²) in [4.78, 5) is 24.2. The van der Waals surface area contributed by atoms with E-state index in [1.54, 1.807) is 43.3 Å². The molecule has 0 aliphatic heterocycles. The van der Waals surface area contributed by atoms with E-state index in [0.717, 1.165) is 6.42 Å². The van der Waals surface area contributed by atoms with Gasteiger partial charge < -0.3 is 14.8 Å². The Morgan fingerprint density at radius 1 is 0.763 bits per heavy atom. The van der Waals surface area contributed by atoms with Gasteiger partial charge in [0, 0.05) is 6.08 Å². The topological polar surface area (TPSA) is 64.6 Å². The van der Waals surface area contributed by atoms with Crippen molar-refractivity contribution in [3.8, 4) is 5.75 Å². The number of ether oxygens (including phenoxy) is 2. The molecule has 0 aliphatic carbocycles. The molecule has 0 heterocycles. The van der Waals surface area contributed by atoms with Gasteiger partial charge in [0.1, 0.15) is 5.75 Å². The molecule has 0 aromatic heterocycles. The van der Waals surface area contributed by atoms with E-state index in [1.165, 1.54) is 51.0 Å². The molecule has 0 saturated carbocycles. The summed E-state index contributed by atoms with van der Waals surface area (Å²) < 4.78 is 10.6. The minimum Gasteiger partial charge on any atom is -0.494 e. The molecule has 0 fully saturated rings. The standard InChI is InChI=1S/C33H45NO4/c1-4-6-7-8-9-10-11-12-13-14-15-16-17-18-19-20-21-22-23-24-32(35)34-29(3)38-33(36)30-25-27-31(28-26-30)37-5-2/h13-29H,4-12H2,1-3H3,(H,34,35). The molecule has 0 saturated heterocycles. The number of hydrogen-bond acceptors (Lipinski definition) is 4. The van der Waals surface area contributed by atoms with E-state index in [4.69, 9.17) is 9.47 Å². The third kappa shape index (κ3) is 17.8. The van der Waals surface area contributed by atoms with Crippen molar-refractivity contribution in [3.63, 3.8) is 0 Å². The first-order chi connectivity index (χ1) is 18.6. The van der Waals surface area contributed by atoms with Crippen molar-refractivity contribution in [3.05, 3.63) is 103 Å². The largest absolute Gasteiger partial charge is 0.494 e. The highest BCUT2D eigenvalue weighted by atomic mass is 16.6. The molecule has 1 aromatic rings. The van der Waals surface area contributed by atoms with Gasteiger partial charge in [0.2, 0.25) is 5.91 Å². The Morgan fingerprint density at radius 2 is 1.32 bits per heavy atom. The van der Waals surface area contributed by atoms with Gasteiger partial charge in [-0.1, -0.05) is 112 Å². The van der Waals surface area contributed by atoms with E-state index in [0.29, 0.717) is 17.9 Å². The fourth-order valence-corrected chi connectivity index (χ4v) is 3.41. The molecular formula is C33H45NO4. The summed E-state index contributed by atoms with van der Waals surface area (Å²) in [5.74, 6) is -0.184. The van der Waals surface area contributed by atoms with Crippen LogP contribution in [0.1, 0.15) is 82.5 Å². The summed E-state index contributed by atoms with van der Waals surface area (Å²) in [6, 6.07) is 6.66. The van der Waals surface area contributed by atoms with Crippen molar-refractivity contribution < 1.29 is 19.1 Å². The Morgan fingerprint density at radius 3 is 1.92 bits per heavy atom. The summed E-state index contributed by atoms with van der Waals surface area (Å²) in [5, 5.41) is 2.60. The van der Waals surface area contributed by atoms with Crippen LogP contribution in [0.15, 0.2) is 97.2 Å². The van der Waals surface area contributed by atoms with E-state index in [2.05, 4.69) is 24.4 Å². The lowest BCUT2D eigenvalue weighted by Gasteiger charge is -2.14. The van der Waals surface area contributed by atoms with Crippen molar-refractivity contribution >= 4 is 11.9 Å². The summed E-state index contributed by atoms with van der Waals surface area (Å²) in [6.07, 6.45) is 32.5. The first-order valence-electron chi connectivity index (χ1n) is 13.8. The maximum absolute atomic E-state index is 12.2. The predicted octanol–water partition coefficient (Wildman–Crippen LogP) is 8.18.